The van der Waals surface area contributed by atoms with E-state index in [9.17, 15) is 13.2 Å². The first kappa shape index (κ1) is 20.4. The van der Waals surface area contributed by atoms with Gasteiger partial charge in [-0.25, -0.2) is 0 Å². The van der Waals surface area contributed by atoms with Gasteiger partial charge in [0, 0.05) is 32.5 Å². The van der Waals surface area contributed by atoms with Gasteiger partial charge >= 0.3 is 6.18 Å². The van der Waals surface area contributed by atoms with E-state index in [2.05, 4.69) is 20.7 Å². The summed E-state index contributed by atoms with van der Waals surface area (Å²) in [4.78, 5) is 4.15. The fraction of sp³-hybridized carbons (Fsp3) is 0.238. The van der Waals surface area contributed by atoms with Gasteiger partial charge in [0.05, 0.1) is 12.1 Å². The molecule has 0 spiro atoms. The van der Waals surface area contributed by atoms with Crippen LogP contribution < -0.4 is 10.6 Å². The first-order valence-corrected chi connectivity index (χ1v) is 9.10. The van der Waals surface area contributed by atoms with Gasteiger partial charge < -0.3 is 10.6 Å². The van der Waals surface area contributed by atoms with E-state index in [1.54, 1.807) is 19.3 Å². The molecule has 1 aromatic heterocycles. The van der Waals surface area contributed by atoms with Crippen LogP contribution in [0.15, 0.2) is 72.0 Å². The quantitative estimate of drug-likeness (QED) is 0.488. The van der Waals surface area contributed by atoms with Gasteiger partial charge in [0.25, 0.3) is 0 Å². The van der Waals surface area contributed by atoms with Crippen LogP contribution in [0.2, 0.25) is 0 Å². The first-order chi connectivity index (χ1) is 14.0. The van der Waals surface area contributed by atoms with E-state index in [0.717, 1.165) is 23.3 Å². The molecule has 3 rings (SSSR count). The SMILES string of the molecule is CN=C(NCc1cccc(C(F)(F)F)c1)NCc1ccccc1Cn1cccn1. The van der Waals surface area contributed by atoms with Gasteiger partial charge in [0.15, 0.2) is 5.96 Å². The molecule has 0 bridgehead atoms. The minimum Gasteiger partial charge on any atom is -0.352 e. The number of nitrogens with one attached hydrogen (secondary N) is 2. The van der Waals surface area contributed by atoms with Crippen LogP contribution in [0.5, 0.6) is 0 Å². The van der Waals surface area contributed by atoms with E-state index in [0.29, 0.717) is 24.6 Å². The summed E-state index contributed by atoms with van der Waals surface area (Å²) in [5.74, 6) is 0.510. The molecule has 0 radical (unpaired) electrons. The van der Waals surface area contributed by atoms with Crippen molar-refractivity contribution in [3.63, 3.8) is 0 Å². The number of guanidine groups is 1. The van der Waals surface area contributed by atoms with Crippen LogP contribution in [0, 0.1) is 0 Å². The van der Waals surface area contributed by atoms with Crippen LogP contribution in [-0.4, -0.2) is 22.8 Å². The lowest BCUT2D eigenvalue weighted by molar-refractivity contribution is -0.137. The van der Waals surface area contributed by atoms with E-state index in [1.807, 2.05) is 41.2 Å². The largest absolute Gasteiger partial charge is 0.416 e. The molecule has 0 unspecified atom stereocenters. The van der Waals surface area contributed by atoms with E-state index >= 15 is 0 Å². The van der Waals surface area contributed by atoms with Crippen molar-refractivity contribution in [1.29, 1.82) is 0 Å². The average molecular weight is 401 g/mol. The molecular weight excluding hydrogens is 379 g/mol. The predicted octanol–water partition coefficient (Wildman–Crippen LogP) is 3.82. The van der Waals surface area contributed by atoms with Crippen molar-refractivity contribution in [2.75, 3.05) is 7.05 Å². The third kappa shape index (κ3) is 5.84. The summed E-state index contributed by atoms with van der Waals surface area (Å²) in [5.41, 5.74) is 2.08. The highest BCUT2D eigenvalue weighted by Crippen LogP contribution is 2.29. The zero-order valence-corrected chi connectivity index (χ0v) is 15.9. The topological polar surface area (TPSA) is 54.2 Å². The van der Waals surface area contributed by atoms with E-state index in [-0.39, 0.29) is 6.54 Å². The first-order valence-electron chi connectivity index (χ1n) is 9.10. The molecule has 2 aromatic carbocycles. The summed E-state index contributed by atoms with van der Waals surface area (Å²) in [6.07, 6.45) is -0.714. The molecule has 29 heavy (non-hydrogen) atoms. The van der Waals surface area contributed by atoms with Crippen molar-refractivity contribution < 1.29 is 13.2 Å². The van der Waals surface area contributed by atoms with Gasteiger partial charge in [-0.05, 0) is 34.9 Å². The third-order valence-electron chi connectivity index (χ3n) is 4.39. The Balaban J connectivity index is 1.59. The number of rotatable bonds is 6. The number of aliphatic imine (C=N–C) groups is 1. The second kappa shape index (κ2) is 9.27. The zero-order valence-electron chi connectivity index (χ0n) is 15.9. The highest BCUT2D eigenvalue weighted by Gasteiger charge is 2.30. The molecule has 0 aliphatic rings. The minimum atomic E-state index is -4.35. The van der Waals surface area contributed by atoms with E-state index in [1.165, 1.54) is 6.07 Å². The van der Waals surface area contributed by atoms with Crippen LogP contribution >= 0.6 is 0 Å². The molecule has 0 saturated carbocycles. The molecule has 1 heterocycles. The highest BCUT2D eigenvalue weighted by molar-refractivity contribution is 5.79. The Bertz CT molecular complexity index is 949. The maximum absolute atomic E-state index is 12.9. The minimum absolute atomic E-state index is 0.235. The summed E-state index contributed by atoms with van der Waals surface area (Å²) < 4.78 is 40.4. The summed E-state index contributed by atoms with van der Waals surface area (Å²) in [6, 6.07) is 15.1. The lowest BCUT2D eigenvalue weighted by atomic mass is 10.1. The second-order valence-electron chi connectivity index (χ2n) is 6.45. The van der Waals surface area contributed by atoms with Gasteiger partial charge in [-0.1, -0.05) is 36.4 Å². The van der Waals surface area contributed by atoms with Crippen molar-refractivity contribution >= 4 is 5.96 Å². The number of benzene rings is 2. The molecular formula is C21H22F3N5. The van der Waals surface area contributed by atoms with Crippen molar-refractivity contribution in [3.8, 4) is 0 Å². The van der Waals surface area contributed by atoms with E-state index in [4.69, 9.17) is 0 Å². The fourth-order valence-corrected chi connectivity index (χ4v) is 2.90. The van der Waals surface area contributed by atoms with Crippen molar-refractivity contribution in [3.05, 3.63) is 89.2 Å². The standard InChI is InChI=1S/C21H22F3N5/c1-25-20(26-13-16-6-4-9-19(12-16)21(22,23)24)27-14-17-7-2-3-8-18(17)15-29-11-5-10-28-29/h2-12H,13-15H2,1H3,(H2,25,26,27). The van der Waals surface area contributed by atoms with Crippen molar-refractivity contribution in [2.24, 2.45) is 4.99 Å². The van der Waals surface area contributed by atoms with Gasteiger partial charge in [-0.3, -0.25) is 9.67 Å². The molecule has 8 heteroatoms. The van der Waals surface area contributed by atoms with Crippen LogP contribution in [-0.2, 0) is 25.8 Å². The molecule has 5 nitrogen and oxygen atoms in total. The molecule has 0 aliphatic heterocycles. The number of aromatic nitrogens is 2. The van der Waals surface area contributed by atoms with Gasteiger partial charge in [-0.2, -0.15) is 18.3 Å². The van der Waals surface area contributed by atoms with Crippen LogP contribution in [0.25, 0.3) is 0 Å². The third-order valence-corrected chi connectivity index (χ3v) is 4.39. The zero-order chi connectivity index (χ0) is 20.7. The van der Waals surface area contributed by atoms with E-state index < -0.39 is 11.7 Å². The monoisotopic (exact) mass is 401 g/mol. The second-order valence-corrected chi connectivity index (χ2v) is 6.45. The molecule has 0 fully saturated rings. The maximum Gasteiger partial charge on any atom is 0.416 e. The summed E-state index contributed by atoms with van der Waals surface area (Å²) in [5, 5.41) is 10.5. The van der Waals surface area contributed by atoms with Crippen molar-refractivity contribution in [2.45, 2.75) is 25.8 Å². The number of hydrogen-bond acceptors (Lipinski definition) is 2. The Labute approximate surface area is 167 Å². The predicted molar refractivity (Wildman–Crippen MR) is 106 cm³/mol. The summed E-state index contributed by atoms with van der Waals surface area (Å²) in [6.45, 7) is 1.42. The lowest BCUT2D eigenvalue weighted by Crippen LogP contribution is -2.36. The lowest BCUT2D eigenvalue weighted by Gasteiger charge is -2.15. The summed E-state index contributed by atoms with van der Waals surface area (Å²) >= 11 is 0. The molecule has 2 N–H and O–H groups in total. The van der Waals surface area contributed by atoms with Crippen molar-refractivity contribution in [1.82, 2.24) is 20.4 Å². The maximum atomic E-state index is 12.9. The Kier molecular flexibility index (Phi) is 6.54. The Morgan fingerprint density at radius 1 is 1.00 bits per heavy atom. The highest BCUT2D eigenvalue weighted by atomic mass is 19.4. The number of halogens is 3. The average Bonchev–Trinajstić information content (AvgIpc) is 3.22. The number of nitrogens with zero attached hydrogens (tertiary/aromatic N) is 3. The molecule has 3 aromatic rings. The fourth-order valence-electron chi connectivity index (χ4n) is 2.90. The Morgan fingerprint density at radius 2 is 1.76 bits per heavy atom. The summed E-state index contributed by atoms with van der Waals surface area (Å²) in [7, 11) is 1.62. The molecule has 0 saturated heterocycles. The normalized spacial score (nSPS) is 12.1. The number of hydrogen-bond donors (Lipinski definition) is 2. The van der Waals surface area contributed by atoms with Gasteiger partial charge in [0.1, 0.15) is 0 Å². The smallest absolute Gasteiger partial charge is 0.352 e. The van der Waals surface area contributed by atoms with Crippen LogP contribution in [0.1, 0.15) is 22.3 Å². The molecule has 0 amide bonds. The Morgan fingerprint density at radius 3 is 2.45 bits per heavy atom. The van der Waals surface area contributed by atoms with Gasteiger partial charge in [0.2, 0.25) is 0 Å². The molecule has 0 atom stereocenters. The van der Waals surface area contributed by atoms with Gasteiger partial charge in [-0.15, -0.1) is 0 Å². The number of alkyl halides is 3. The van der Waals surface area contributed by atoms with Crippen LogP contribution in [0.4, 0.5) is 13.2 Å². The molecule has 0 aliphatic carbocycles. The molecule has 152 valence electrons. The van der Waals surface area contributed by atoms with Crippen LogP contribution in [0.3, 0.4) is 0 Å². The Hall–Kier alpha value is -3.29.